The van der Waals surface area contributed by atoms with Crippen LogP contribution in [0.5, 0.6) is 0 Å². The van der Waals surface area contributed by atoms with Crippen molar-refractivity contribution >= 4 is 17.5 Å². The smallest absolute Gasteiger partial charge is 0.287 e. The average Bonchev–Trinajstić information content (AvgIpc) is 2.62. The molecule has 0 saturated heterocycles. The molecule has 0 bridgehead atoms. The van der Waals surface area contributed by atoms with E-state index in [2.05, 4.69) is 4.98 Å². The lowest BCUT2D eigenvalue weighted by Crippen LogP contribution is -2.21. The van der Waals surface area contributed by atoms with Crippen LogP contribution in [0, 0.1) is 20.8 Å². The molecule has 0 amide bonds. The van der Waals surface area contributed by atoms with Gasteiger partial charge in [-0.1, -0.05) is 41.6 Å². The lowest BCUT2D eigenvalue weighted by atomic mass is 10.0. The van der Waals surface area contributed by atoms with Crippen LogP contribution in [0.4, 0.5) is 0 Å². The summed E-state index contributed by atoms with van der Waals surface area (Å²) in [5, 5.41) is 0.327. The van der Waals surface area contributed by atoms with Gasteiger partial charge < -0.3 is 0 Å². The van der Waals surface area contributed by atoms with E-state index in [1.165, 1.54) is 11.8 Å². The van der Waals surface area contributed by atoms with Crippen molar-refractivity contribution in [2.75, 3.05) is 5.75 Å². The van der Waals surface area contributed by atoms with Crippen molar-refractivity contribution in [1.82, 2.24) is 9.55 Å². The van der Waals surface area contributed by atoms with Crippen molar-refractivity contribution in [1.29, 1.82) is 0 Å². The minimum Gasteiger partial charge on any atom is -0.293 e. The van der Waals surface area contributed by atoms with Gasteiger partial charge in [-0.25, -0.2) is 4.98 Å². The number of hydrogen-bond donors (Lipinski definition) is 0. The highest BCUT2D eigenvalue weighted by atomic mass is 32.2. The van der Waals surface area contributed by atoms with Crippen LogP contribution in [-0.4, -0.2) is 21.1 Å². The Labute approximate surface area is 156 Å². The first-order valence-corrected chi connectivity index (χ1v) is 9.32. The number of benzene rings is 2. The zero-order valence-electron chi connectivity index (χ0n) is 15.0. The van der Waals surface area contributed by atoms with E-state index >= 15 is 0 Å². The summed E-state index contributed by atoms with van der Waals surface area (Å²) >= 11 is 1.18. The van der Waals surface area contributed by atoms with Crippen LogP contribution in [0.1, 0.15) is 27.0 Å². The quantitative estimate of drug-likeness (QED) is 0.504. The fourth-order valence-corrected chi connectivity index (χ4v) is 3.50. The molecule has 1 heterocycles. The molecule has 0 unspecified atom stereocenters. The van der Waals surface area contributed by atoms with Gasteiger partial charge in [-0.3, -0.25) is 14.2 Å². The van der Waals surface area contributed by atoms with E-state index < -0.39 is 0 Å². The summed E-state index contributed by atoms with van der Waals surface area (Å²) in [4.78, 5) is 29.4. The maximum Gasteiger partial charge on any atom is 0.287 e. The third-order valence-electron chi connectivity index (χ3n) is 4.12. The van der Waals surface area contributed by atoms with Crippen LogP contribution in [-0.2, 0) is 0 Å². The molecule has 0 aliphatic heterocycles. The third-order valence-corrected chi connectivity index (χ3v) is 5.08. The molecule has 1 aromatic heterocycles. The second-order valence-electron chi connectivity index (χ2n) is 6.28. The molecule has 26 heavy (non-hydrogen) atoms. The molecule has 3 rings (SSSR count). The Hall–Kier alpha value is -2.66. The van der Waals surface area contributed by atoms with Crippen LogP contribution >= 0.6 is 11.8 Å². The minimum atomic E-state index is -0.211. The number of hydrogen-bond acceptors (Lipinski definition) is 4. The number of Topliss-reactive ketones (excluding diaryl/α,β-unsaturated/α-hetero) is 1. The summed E-state index contributed by atoms with van der Waals surface area (Å²) in [6.45, 7) is 5.86. The molecule has 0 aliphatic carbocycles. The van der Waals surface area contributed by atoms with Gasteiger partial charge in [0, 0.05) is 23.6 Å². The van der Waals surface area contributed by atoms with Crippen LogP contribution < -0.4 is 5.56 Å². The van der Waals surface area contributed by atoms with Crippen molar-refractivity contribution < 1.29 is 4.79 Å². The first-order valence-electron chi connectivity index (χ1n) is 8.33. The molecule has 4 nitrogen and oxygen atoms in total. The number of carbonyl (C=O) groups is 1. The second kappa shape index (κ2) is 7.70. The van der Waals surface area contributed by atoms with Crippen LogP contribution in [0.3, 0.4) is 0 Å². The van der Waals surface area contributed by atoms with E-state index in [4.69, 9.17) is 0 Å². The Morgan fingerprint density at radius 1 is 1.08 bits per heavy atom. The first kappa shape index (κ1) is 18.1. The topological polar surface area (TPSA) is 52.0 Å². The van der Waals surface area contributed by atoms with Crippen molar-refractivity contribution in [2.45, 2.75) is 25.8 Å². The van der Waals surface area contributed by atoms with Gasteiger partial charge in [0.2, 0.25) is 0 Å². The number of aryl methyl sites for hydroxylation is 3. The summed E-state index contributed by atoms with van der Waals surface area (Å²) < 4.78 is 1.56. The molecule has 0 atom stereocenters. The second-order valence-corrected chi connectivity index (χ2v) is 7.24. The molecule has 3 aromatic rings. The number of carbonyl (C=O) groups excluding carboxylic acids is 1. The van der Waals surface area contributed by atoms with E-state index in [1.54, 1.807) is 17.0 Å². The van der Waals surface area contributed by atoms with E-state index in [0.29, 0.717) is 10.6 Å². The first-order chi connectivity index (χ1) is 12.5. The maximum absolute atomic E-state index is 12.7. The van der Waals surface area contributed by atoms with Gasteiger partial charge in [0.05, 0.1) is 5.75 Å². The van der Waals surface area contributed by atoms with E-state index in [1.807, 2.05) is 63.2 Å². The number of rotatable bonds is 5. The molecule has 2 aromatic carbocycles. The molecule has 0 radical (unpaired) electrons. The molecule has 5 heteroatoms. The summed E-state index contributed by atoms with van der Waals surface area (Å²) in [6, 6.07) is 13.5. The lowest BCUT2D eigenvalue weighted by Gasteiger charge is -2.09. The highest BCUT2D eigenvalue weighted by Gasteiger charge is 2.13. The predicted octanol–water partition coefficient (Wildman–Crippen LogP) is 4.13. The third kappa shape index (κ3) is 3.94. The normalized spacial score (nSPS) is 10.7. The zero-order valence-corrected chi connectivity index (χ0v) is 15.8. The molecule has 0 fully saturated rings. The molecule has 0 N–H and O–H groups in total. The Kier molecular flexibility index (Phi) is 5.38. The number of thioether (sulfide) groups is 1. The summed E-state index contributed by atoms with van der Waals surface area (Å²) in [5.41, 5.74) is 4.35. The van der Waals surface area contributed by atoms with Crippen molar-refractivity contribution in [3.8, 4) is 5.69 Å². The standard InChI is InChI=1S/C21H20N2O2S/c1-14-5-4-6-17(11-14)23-10-9-22-20(21(23)25)26-13-19(24)18-12-15(2)7-8-16(18)3/h4-12H,13H2,1-3H3. The molecule has 0 aliphatic rings. The SMILES string of the molecule is Cc1cccc(-n2ccnc(SCC(=O)c3cc(C)ccc3C)c2=O)c1. The summed E-state index contributed by atoms with van der Waals surface area (Å²) in [5.74, 6) is 0.188. The van der Waals surface area contributed by atoms with E-state index in [0.717, 1.165) is 22.4 Å². The molecule has 0 saturated carbocycles. The van der Waals surface area contributed by atoms with Crippen LogP contribution in [0.25, 0.3) is 5.69 Å². The van der Waals surface area contributed by atoms with Crippen molar-refractivity contribution in [3.63, 3.8) is 0 Å². The van der Waals surface area contributed by atoms with Gasteiger partial charge in [0.25, 0.3) is 5.56 Å². The fraction of sp³-hybridized carbons (Fsp3) is 0.190. The minimum absolute atomic E-state index is 0.00311. The van der Waals surface area contributed by atoms with E-state index in [9.17, 15) is 9.59 Å². The molecular formula is C21H20N2O2S. The van der Waals surface area contributed by atoms with Crippen LogP contribution in [0.2, 0.25) is 0 Å². The highest BCUT2D eigenvalue weighted by molar-refractivity contribution is 7.99. The molecule has 0 spiro atoms. The van der Waals surface area contributed by atoms with Gasteiger partial charge in [-0.2, -0.15) is 0 Å². The summed E-state index contributed by atoms with van der Waals surface area (Å²) in [7, 11) is 0. The highest BCUT2D eigenvalue weighted by Crippen LogP contribution is 2.17. The summed E-state index contributed by atoms with van der Waals surface area (Å²) in [6.07, 6.45) is 3.24. The van der Waals surface area contributed by atoms with Gasteiger partial charge in [-0.05, 0) is 50.1 Å². The molecule has 132 valence electrons. The van der Waals surface area contributed by atoms with Gasteiger partial charge in [0.15, 0.2) is 10.8 Å². The van der Waals surface area contributed by atoms with Crippen molar-refractivity contribution in [2.24, 2.45) is 0 Å². The fourth-order valence-electron chi connectivity index (χ4n) is 2.72. The van der Waals surface area contributed by atoms with E-state index in [-0.39, 0.29) is 17.1 Å². The Balaban J connectivity index is 1.83. The number of aromatic nitrogens is 2. The van der Waals surface area contributed by atoms with Gasteiger partial charge >= 0.3 is 0 Å². The van der Waals surface area contributed by atoms with Crippen LogP contribution in [0.15, 0.2) is 64.7 Å². The lowest BCUT2D eigenvalue weighted by molar-refractivity contribution is 0.102. The Bertz CT molecular complexity index is 1020. The number of nitrogens with zero attached hydrogens (tertiary/aromatic N) is 2. The van der Waals surface area contributed by atoms with Crippen molar-refractivity contribution in [3.05, 3.63) is 87.5 Å². The number of ketones is 1. The van der Waals surface area contributed by atoms with Gasteiger partial charge in [-0.15, -0.1) is 0 Å². The molecular weight excluding hydrogens is 344 g/mol. The zero-order chi connectivity index (χ0) is 18.7. The largest absolute Gasteiger partial charge is 0.293 e. The Morgan fingerprint density at radius 3 is 2.62 bits per heavy atom. The monoisotopic (exact) mass is 364 g/mol. The maximum atomic E-state index is 12.7. The van der Waals surface area contributed by atoms with Gasteiger partial charge in [0.1, 0.15) is 0 Å². The average molecular weight is 364 g/mol. The predicted molar refractivity (Wildman–Crippen MR) is 106 cm³/mol. The Morgan fingerprint density at radius 2 is 1.85 bits per heavy atom.